The number of rotatable bonds is 5. The van der Waals surface area contributed by atoms with E-state index in [-0.39, 0.29) is 17.2 Å². The number of amides is 2. The summed E-state index contributed by atoms with van der Waals surface area (Å²) in [5.74, 6) is -1.80. The van der Waals surface area contributed by atoms with Crippen molar-refractivity contribution in [2.45, 2.75) is 42.9 Å². The number of anilines is 1. The van der Waals surface area contributed by atoms with Crippen molar-refractivity contribution in [3.05, 3.63) is 56.5 Å². The monoisotopic (exact) mass is 461 g/mol. The summed E-state index contributed by atoms with van der Waals surface area (Å²) < 4.78 is 13.0. The molecule has 2 fully saturated rings. The molecule has 0 radical (unpaired) electrons. The summed E-state index contributed by atoms with van der Waals surface area (Å²) >= 11 is 1.06. The maximum atomic E-state index is 13.0. The molecule has 1 saturated carbocycles. The molecule has 5 N–H and O–H groups in total. The number of hydrogen-bond acceptors (Lipinski definition) is 7. The fourth-order valence-electron chi connectivity index (χ4n) is 3.98. The summed E-state index contributed by atoms with van der Waals surface area (Å²) in [6.45, 7) is 0. The van der Waals surface area contributed by atoms with E-state index < -0.39 is 45.5 Å². The van der Waals surface area contributed by atoms with Gasteiger partial charge in [-0.3, -0.25) is 29.3 Å². The Morgan fingerprint density at radius 2 is 1.88 bits per heavy atom. The highest BCUT2D eigenvalue weighted by Gasteiger charge is 2.43. The summed E-state index contributed by atoms with van der Waals surface area (Å²) in [5.41, 5.74) is -2.29. The first-order chi connectivity index (χ1) is 15.3. The van der Waals surface area contributed by atoms with Crippen LogP contribution in [0.3, 0.4) is 0 Å². The minimum Gasteiger partial charge on any atom is -0.494 e. The SMILES string of the molecule is O=C(CC1SC(=NC2(c3c(O)[nH]c(=O)[nH]c3=O)CCCC2)NC1=O)Nc1ccc(F)cc1. The molecule has 1 saturated heterocycles. The van der Waals surface area contributed by atoms with Crippen LogP contribution in [0.1, 0.15) is 37.7 Å². The van der Waals surface area contributed by atoms with Gasteiger partial charge in [0, 0.05) is 12.1 Å². The Balaban J connectivity index is 1.52. The van der Waals surface area contributed by atoms with Crippen LogP contribution in [0, 0.1) is 5.82 Å². The molecule has 1 unspecified atom stereocenters. The predicted octanol–water partition coefficient (Wildman–Crippen LogP) is 1.29. The first-order valence-electron chi connectivity index (χ1n) is 9.95. The van der Waals surface area contributed by atoms with Crippen LogP contribution < -0.4 is 21.9 Å². The van der Waals surface area contributed by atoms with Crippen molar-refractivity contribution < 1.29 is 19.1 Å². The molecule has 10 nitrogen and oxygen atoms in total. The number of carbonyl (C=O) groups is 2. The van der Waals surface area contributed by atoms with Gasteiger partial charge in [0.15, 0.2) is 5.17 Å². The number of aromatic nitrogens is 2. The van der Waals surface area contributed by atoms with Gasteiger partial charge in [0.1, 0.15) is 16.6 Å². The highest BCUT2D eigenvalue weighted by atomic mass is 32.2. The van der Waals surface area contributed by atoms with Crippen LogP contribution >= 0.6 is 11.8 Å². The zero-order valence-corrected chi connectivity index (χ0v) is 17.6. The van der Waals surface area contributed by atoms with Crippen LogP contribution in [-0.2, 0) is 15.1 Å². The Bertz CT molecular complexity index is 1200. The fraction of sp³-hybridized carbons (Fsp3) is 0.350. The minimum atomic E-state index is -1.09. The van der Waals surface area contributed by atoms with Crippen LogP contribution in [-0.4, -0.2) is 37.3 Å². The fourth-order valence-corrected chi connectivity index (χ4v) is 5.04. The van der Waals surface area contributed by atoms with Crippen molar-refractivity contribution in [1.82, 2.24) is 15.3 Å². The average molecular weight is 461 g/mol. The van der Waals surface area contributed by atoms with E-state index in [1.165, 1.54) is 24.3 Å². The third-order valence-corrected chi connectivity index (χ3v) is 6.49. The van der Waals surface area contributed by atoms with Crippen LogP contribution in [0.15, 0.2) is 38.8 Å². The summed E-state index contributed by atoms with van der Waals surface area (Å²) in [5, 5.41) is 15.0. The van der Waals surface area contributed by atoms with Crippen LogP contribution in [0.4, 0.5) is 10.1 Å². The largest absolute Gasteiger partial charge is 0.494 e. The second-order valence-electron chi connectivity index (χ2n) is 7.64. The number of halogens is 1. The zero-order valence-electron chi connectivity index (χ0n) is 16.7. The lowest BCUT2D eigenvalue weighted by Crippen LogP contribution is -2.35. The topological polar surface area (TPSA) is 157 Å². The quantitative estimate of drug-likeness (QED) is 0.452. The molecule has 168 valence electrons. The van der Waals surface area contributed by atoms with Gasteiger partial charge >= 0.3 is 5.69 Å². The van der Waals surface area contributed by atoms with Crippen molar-refractivity contribution in [2.75, 3.05) is 5.32 Å². The Morgan fingerprint density at radius 3 is 2.53 bits per heavy atom. The zero-order chi connectivity index (χ0) is 22.9. The summed E-state index contributed by atoms with van der Waals surface area (Å²) in [7, 11) is 0. The molecule has 2 aromatic rings. The van der Waals surface area contributed by atoms with Gasteiger partial charge < -0.3 is 15.7 Å². The molecule has 1 aromatic carbocycles. The third kappa shape index (κ3) is 4.44. The van der Waals surface area contributed by atoms with Crippen LogP contribution in [0.25, 0.3) is 0 Å². The molecule has 12 heteroatoms. The number of aliphatic imine (C=N–C) groups is 1. The number of hydrogen-bond donors (Lipinski definition) is 5. The van der Waals surface area contributed by atoms with Crippen LogP contribution in [0.5, 0.6) is 5.88 Å². The third-order valence-electron chi connectivity index (χ3n) is 5.41. The van der Waals surface area contributed by atoms with Gasteiger partial charge in [0.05, 0.1) is 5.54 Å². The van der Waals surface area contributed by atoms with Gasteiger partial charge in [0.2, 0.25) is 17.7 Å². The maximum Gasteiger partial charge on any atom is 0.328 e. The second kappa shape index (κ2) is 8.61. The highest BCUT2D eigenvalue weighted by molar-refractivity contribution is 8.15. The molecular formula is C20H20FN5O5S. The number of amidine groups is 1. The second-order valence-corrected chi connectivity index (χ2v) is 8.83. The van der Waals surface area contributed by atoms with Gasteiger partial charge in [-0.1, -0.05) is 24.6 Å². The minimum absolute atomic E-state index is 0.0468. The maximum absolute atomic E-state index is 13.0. The molecule has 1 aliphatic carbocycles. The summed E-state index contributed by atoms with van der Waals surface area (Å²) in [4.78, 5) is 57.5. The number of thioether (sulfide) groups is 1. The standard InChI is InChI=1S/C20H20FN5O5S/c21-10-3-5-11(6-4-10)22-13(27)9-12-15(28)25-19(32-12)26-20(7-1-2-8-20)14-16(29)23-18(31)24-17(14)30/h3-6,12H,1-2,7-9H2,(H,22,27)(H,25,26,28)(H3,23,24,29,30,31). The van der Waals surface area contributed by atoms with E-state index in [2.05, 4.69) is 25.6 Å². The number of benzene rings is 1. The lowest BCUT2D eigenvalue weighted by atomic mass is 9.90. The van der Waals surface area contributed by atoms with E-state index in [0.717, 1.165) is 24.6 Å². The molecule has 1 aromatic heterocycles. The lowest BCUT2D eigenvalue weighted by Gasteiger charge is -2.24. The van der Waals surface area contributed by atoms with Gasteiger partial charge in [-0.2, -0.15) is 0 Å². The molecule has 0 spiro atoms. The van der Waals surface area contributed by atoms with E-state index in [1.54, 1.807) is 0 Å². The molecule has 2 aliphatic rings. The number of H-pyrrole nitrogens is 2. The Kier molecular flexibility index (Phi) is 5.87. The smallest absolute Gasteiger partial charge is 0.328 e. The summed E-state index contributed by atoms with van der Waals surface area (Å²) in [6.07, 6.45) is 2.26. The van der Waals surface area contributed by atoms with Crippen molar-refractivity contribution >= 4 is 34.4 Å². The Morgan fingerprint density at radius 1 is 1.19 bits per heavy atom. The molecule has 1 atom stereocenters. The van der Waals surface area contributed by atoms with E-state index in [9.17, 15) is 28.7 Å². The molecule has 32 heavy (non-hydrogen) atoms. The lowest BCUT2D eigenvalue weighted by molar-refractivity contribution is -0.122. The van der Waals surface area contributed by atoms with Crippen molar-refractivity contribution in [3.63, 3.8) is 0 Å². The average Bonchev–Trinajstić information content (AvgIpc) is 3.30. The normalized spacial score (nSPS) is 21.0. The van der Waals surface area contributed by atoms with Crippen molar-refractivity contribution in [2.24, 2.45) is 4.99 Å². The van der Waals surface area contributed by atoms with Crippen LogP contribution in [0.2, 0.25) is 0 Å². The molecular weight excluding hydrogens is 441 g/mol. The van der Waals surface area contributed by atoms with Gasteiger partial charge in [-0.05, 0) is 37.1 Å². The van der Waals surface area contributed by atoms with Gasteiger partial charge in [-0.15, -0.1) is 0 Å². The Hall–Kier alpha value is -3.41. The van der Waals surface area contributed by atoms with Gasteiger partial charge in [-0.25, -0.2) is 9.18 Å². The van der Waals surface area contributed by atoms with Crippen molar-refractivity contribution in [1.29, 1.82) is 0 Å². The molecule has 0 bridgehead atoms. The van der Waals surface area contributed by atoms with Crippen molar-refractivity contribution in [3.8, 4) is 5.88 Å². The molecule has 2 heterocycles. The Labute approximate surface area is 184 Å². The van der Waals surface area contributed by atoms with Gasteiger partial charge in [0.25, 0.3) is 5.56 Å². The first kappa shape index (κ1) is 21.8. The van der Waals surface area contributed by atoms with E-state index in [0.29, 0.717) is 18.5 Å². The molecule has 4 rings (SSSR count). The number of nitrogens with zero attached hydrogens (tertiary/aromatic N) is 1. The highest BCUT2D eigenvalue weighted by Crippen LogP contribution is 2.44. The molecule has 1 aliphatic heterocycles. The van der Waals surface area contributed by atoms with E-state index in [1.807, 2.05) is 0 Å². The number of carbonyl (C=O) groups excluding carboxylic acids is 2. The number of nitrogens with one attached hydrogen (secondary N) is 4. The van der Waals surface area contributed by atoms with E-state index in [4.69, 9.17) is 0 Å². The van der Waals surface area contributed by atoms with E-state index >= 15 is 0 Å². The summed E-state index contributed by atoms with van der Waals surface area (Å²) in [6, 6.07) is 5.26. The number of aromatic hydroxyl groups is 1. The molecule has 2 amide bonds. The first-order valence-corrected chi connectivity index (χ1v) is 10.8. The predicted molar refractivity (Wildman–Crippen MR) is 116 cm³/mol. The number of aromatic amines is 2.